The molecule has 0 spiro atoms. The van der Waals surface area contributed by atoms with Crippen LogP contribution in [0.1, 0.15) is 43.7 Å². The minimum atomic E-state index is -1.07. The van der Waals surface area contributed by atoms with Crippen LogP contribution in [0, 0.1) is 0 Å². The van der Waals surface area contributed by atoms with Crippen LogP contribution in [0.2, 0.25) is 0 Å². The molecule has 118 valence electrons. The SMILES string of the molecule is CC1(C)OB(C(=Cc2cccnc2C(=O)O)CS)OC1(C)C. The first-order valence-corrected chi connectivity index (χ1v) is 7.66. The fourth-order valence-electron chi connectivity index (χ4n) is 2.10. The van der Waals surface area contributed by atoms with E-state index < -0.39 is 24.3 Å². The van der Waals surface area contributed by atoms with Crippen molar-refractivity contribution in [2.24, 2.45) is 0 Å². The molecule has 1 aromatic rings. The van der Waals surface area contributed by atoms with Gasteiger partial charge in [0.15, 0.2) is 5.69 Å². The number of hydrogen-bond donors (Lipinski definition) is 2. The highest BCUT2D eigenvalue weighted by molar-refractivity contribution is 7.80. The molecule has 22 heavy (non-hydrogen) atoms. The molecule has 5 nitrogen and oxygen atoms in total. The van der Waals surface area contributed by atoms with Crippen molar-refractivity contribution in [1.29, 1.82) is 0 Å². The molecule has 2 rings (SSSR count). The van der Waals surface area contributed by atoms with E-state index in [1.807, 2.05) is 27.7 Å². The molecule has 1 aliphatic rings. The molecule has 0 unspecified atom stereocenters. The molecular formula is C15H20BNO4S. The first-order valence-electron chi connectivity index (χ1n) is 7.03. The highest BCUT2D eigenvalue weighted by atomic mass is 32.1. The van der Waals surface area contributed by atoms with E-state index in [4.69, 9.17) is 9.31 Å². The van der Waals surface area contributed by atoms with Crippen LogP contribution in [0.3, 0.4) is 0 Å². The molecule has 0 aliphatic carbocycles. The van der Waals surface area contributed by atoms with Crippen LogP contribution < -0.4 is 0 Å². The zero-order valence-corrected chi connectivity index (χ0v) is 14.1. The van der Waals surface area contributed by atoms with E-state index in [1.54, 1.807) is 18.2 Å². The monoisotopic (exact) mass is 321 g/mol. The minimum Gasteiger partial charge on any atom is -0.476 e. The third kappa shape index (κ3) is 3.21. The third-order valence-electron chi connectivity index (χ3n) is 4.12. The molecular weight excluding hydrogens is 301 g/mol. The van der Waals surface area contributed by atoms with Gasteiger partial charge in [-0.3, -0.25) is 0 Å². The predicted octanol–water partition coefficient (Wildman–Crippen LogP) is 2.72. The molecule has 0 bridgehead atoms. The quantitative estimate of drug-likeness (QED) is 0.659. The highest BCUT2D eigenvalue weighted by Gasteiger charge is 2.52. The largest absolute Gasteiger partial charge is 0.491 e. The maximum Gasteiger partial charge on any atom is 0.491 e. The number of rotatable bonds is 4. The smallest absolute Gasteiger partial charge is 0.476 e. The average molecular weight is 321 g/mol. The van der Waals surface area contributed by atoms with Crippen molar-refractivity contribution in [2.75, 3.05) is 5.75 Å². The zero-order valence-electron chi connectivity index (χ0n) is 13.2. The molecule has 0 saturated carbocycles. The van der Waals surface area contributed by atoms with Crippen LogP contribution in [0.25, 0.3) is 6.08 Å². The van der Waals surface area contributed by atoms with Crippen LogP contribution in [0.5, 0.6) is 0 Å². The average Bonchev–Trinajstić information content (AvgIpc) is 2.64. The first kappa shape index (κ1) is 17.1. The summed E-state index contributed by atoms with van der Waals surface area (Å²) < 4.78 is 12.0. The zero-order chi connectivity index (χ0) is 16.5. The Hall–Kier alpha value is -1.31. The van der Waals surface area contributed by atoms with Gasteiger partial charge in [0.25, 0.3) is 0 Å². The number of carbonyl (C=O) groups is 1. The van der Waals surface area contributed by atoms with E-state index in [9.17, 15) is 9.90 Å². The number of hydrogen-bond acceptors (Lipinski definition) is 5. The maximum absolute atomic E-state index is 11.2. The van der Waals surface area contributed by atoms with E-state index in [1.165, 1.54) is 6.20 Å². The summed E-state index contributed by atoms with van der Waals surface area (Å²) in [7, 11) is -0.552. The van der Waals surface area contributed by atoms with Crippen molar-refractivity contribution < 1.29 is 19.2 Å². The van der Waals surface area contributed by atoms with Crippen molar-refractivity contribution in [2.45, 2.75) is 38.9 Å². The number of thiol groups is 1. The Morgan fingerprint density at radius 1 is 1.36 bits per heavy atom. The second kappa shape index (κ2) is 6.06. The summed E-state index contributed by atoms with van der Waals surface area (Å²) in [5.74, 6) is -0.676. The molecule has 0 atom stereocenters. The minimum absolute atomic E-state index is 0.00157. The molecule has 1 saturated heterocycles. The van der Waals surface area contributed by atoms with Crippen LogP contribution in [-0.4, -0.2) is 40.1 Å². The lowest BCUT2D eigenvalue weighted by Crippen LogP contribution is -2.41. The molecule has 1 aromatic heterocycles. The van der Waals surface area contributed by atoms with Crippen molar-refractivity contribution in [3.05, 3.63) is 35.1 Å². The summed E-state index contributed by atoms with van der Waals surface area (Å²) in [5.41, 5.74) is 0.360. The highest BCUT2D eigenvalue weighted by Crippen LogP contribution is 2.39. The molecule has 0 radical (unpaired) electrons. The second-order valence-electron chi connectivity index (χ2n) is 6.21. The molecule has 0 aromatic carbocycles. The second-order valence-corrected chi connectivity index (χ2v) is 6.53. The number of nitrogens with zero attached hydrogens (tertiary/aromatic N) is 1. The molecule has 1 N–H and O–H groups in total. The van der Waals surface area contributed by atoms with Crippen LogP contribution in [-0.2, 0) is 9.31 Å². The van der Waals surface area contributed by atoms with Gasteiger partial charge in [-0.2, -0.15) is 12.6 Å². The summed E-state index contributed by atoms with van der Waals surface area (Å²) in [6.07, 6.45) is 3.18. The van der Waals surface area contributed by atoms with E-state index >= 15 is 0 Å². The Labute approximate surface area is 136 Å². The van der Waals surface area contributed by atoms with Gasteiger partial charge < -0.3 is 14.4 Å². The molecule has 1 fully saturated rings. The first-order chi connectivity index (χ1) is 10.2. The molecule has 1 aliphatic heterocycles. The number of aromatic nitrogens is 1. The van der Waals surface area contributed by atoms with Gasteiger partial charge in [0.05, 0.1) is 11.2 Å². The fraction of sp³-hybridized carbons (Fsp3) is 0.467. The Bertz CT molecular complexity index is 599. The van der Waals surface area contributed by atoms with E-state index in [0.717, 1.165) is 5.47 Å². The fourth-order valence-corrected chi connectivity index (χ4v) is 2.34. The number of carboxylic acids is 1. The van der Waals surface area contributed by atoms with Crippen molar-refractivity contribution >= 4 is 31.8 Å². The van der Waals surface area contributed by atoms with Gasteiger partial charge in [0, 0.05) is 17.5 Å². The Morgan fingerprint density at radius 2 is 1.95 bits per heavy atom. The lowest BCUT2D eigenvalue weighted by molar-refractivity contribution is 0.00578. The van der Waals surface area contributed by atoms with Gasteiger partial charge in [-0.05, 0) is 39.2 Å². The van der Waals surface area contributed by atoms with E-state index in [2.05, 4.69) is 17.6 Å². The summed E-state index contributed by atoms with van der Waals surface area (Å²) >= 11 is 4.32. The van der Waals surface area contributed by atoms with Gasteiger partial charge in [-0.15, -0.1) is 0 Å². The lowest BCUT2D eigenvalue weighted by Gasteiger charge is -2.32. The van der Waals surface area contributed by atoms with Crippen molar-refractivity contribution in [3.8, 4) is 0 Å². The van der Waals surface area contributed by atoms with Crippen LogP contribution in [0.4, 0.5) is 0 Å². The Kier molecular flexibility index (Phi) is 4.70. The Balaban J connectivity index is 2.36. The maximum atomic E-state index is 11.2. The topological polar surface area (TPSA) is 68.7 Å². The number of pyridine rings is 1. The van der Waals surface area contributed by atoms with Crippen LogP contribution >= 0.6 is 12.6 Å². The van der Waals surface area contributed by atoms with Crippen LogP contribution in [0.15, 0.2) is 23.8 Å². The van der Waals surface area contributed by atoms with Crippen molar-refractivity contribution in [3.63, 3.8) is 0 Å². The van der Waals surface area contributed by atoms with Gasteiger partial charge >= 0.3 is 13.1 Å². The molecule has 0 amide bonds. The lowest BCUT2D eigenvalue weighted by atomic mass is 9.78. The summed E-state index contributed by atoms with van der Waals surface area (Å²) in [6, 6.07) is 3.39. The van der Waals surface area contributed by atoms with Gasteiger partial charge in [0.1, 0.15) is 0 Å². The standard InChI is InChI=1S/C15H20BNO4S/c1-14(2)15(3,4)21-16(20-14)11(9-22)8-10-6-5-7-17-12(10)13(18)19/h5-8,22H,9H2,1-4H3,(H,18,19). The number of aromatic carboxylic acids is 1. The normalized spacial score (nSPS) is 20.2. The third-order valence-corrected chi connectivity index (χ3v) is 4.49. The summed E-state index contributed by atoms with van der Waals surface area (Å²) in [6.45, 7) is 7.87. The predicted molar refractivity (Wildman–Crippen MR) is 89.1 cm³/mol. The summed E-state index contributed by atoms with van der Waals surface area (Å²) in [5, 5.41) is 9.21. The van der Waals surface area contributed by atoms with Gasteiger partial charge in [-0.1, -0.05) is 12.1 Å². The number of carboxylic acid groups (broad SMARTS) is 1. The van der Waals surface area contributed by atoms with E-state index in [0.29, 0.717) is 11.3 Å². The van der Waals surface area contributed by atoms with Crippen molar-refractivity contribution in [1.82, 2.24) is 4.98 Å². The summed E-state index contributed by atoms with van der Waals surface area (Å²) in [4.78, 5) is 15.1. The van der Waals surface area contributed by atoms with E-state index in [-0.39, 0.29) is 5.69 Å². The van der Waals surface area contributed by atoms with Gasteiger partial charge in [0.2, 0.25) is 0 Å². The molecule has 7 heteroatoms. The van der Waals surface area contributed by atoms with Gasteiger partial charge in [-0.25, -0.2) is 9.78 Å². The molecule has 2 heterocycles. The Morgan fingerprint density at radius 3 is 2.45 bits per heavy atom.